The van der Waals surface area contributed by atoms with Crippen LogP contribution in [0.3, 0.4) is 0 Å². The standard InChI is InChI=1S/C18H26N2O/c1-13-15(14(2)20-19-13)9-8-12-21-17-11-7-6-10-16(17)18(3,4)5/h6-7,10-11H,8-9,12H2,1-5H3,(H,19,20). The molecule has 0 atom stereocenters. The largest absolute Gasteiger partial charge is 0.493 e. The summed E-state index contributed by atoms with van der Waals surface area (Å²) in [4.78, 5) is 0. The van der Waals surface area contributed by atoms with E-state index < -0.39 is 0 Å². The lowest BCUT2D eigenvalue weighted by Gasteiger charge is -2.22. The summed E-state index contributed by atoms with van der Waals surface area (Å²) in [6, 6.07) is 8.33. The Hall–Kier alpha value is -1.77. The number of aryl methyl sites for hydroxylation is 2. The Kier molecular flexibility index (Phi) is 4.71. The summed E-state index contributed by atoms with van der Waals surface area (Å²) in [5, 5.41) is 7.27. The average molecular weight is 286 g/mol. The molecule has 21 heavy (non-hydrogen) atoms. The highest BCUT2D eigenvalue weighted by molar-refractivity contribution is 5.38. The van der Waals surface area contributed by atoms with E-state index in [9.17, 15) is 0 Å². The molecule has 0 radical (unpaired) electrons. The van der Waals surface area contributed by atoms with Crippen molar-refractivity contribution in [2.45, 2.75) is 52.9 Å². The zero-order valence-corrected chi connectivity index (χ0v) is 13.8. The van der Waals surface area contributed by atoms with Crippen LogP contribution in [0.5, 0.6) is 5.75 Å². The maximum atomic E-state index is 6.01. The molecular formula is C18H26N2O. The average Bonchev–Trinajstić information content (AvgIpc) is 2.74. The Labute approximate surface area is 127 Å². The molecule has 0 aliphatic rings. The molecule has 2 aromatic rings. The molecule has 0 amide bonds. The second kappa shape index (κ2) is 6.33. The summed E-state index contributed by atoms with van der Waals surface area (Å²) in [6.45, 7) is 11.5. The number of hydrogen-bond donors (Lipinski definition) is 1. The molecule has 3 heteroatoms. The number of hydrogen-bond acceptors (Lipinski definition) is 2. The molecule has 1 aromatic carbocycles. The molecule has 0 saturated heterocycles. The van der Waals surface area contributed by atoms with Gasteiger partial charge >= 0.3 is 0 Å². The van der Waals surface area contributed by atoms with Gasteiger partial charge in [-0.15, -0.1) is 0 Å². The van der Waals surface area contributed by atoms with E-state index in [2.05, 4.69) is 63.0 Å². The van der Waals surface area contributed by atoms with Crippen molar-refractivity contribution in [1.29, 1.82) is 0 Å². The van der Waals surface area contributed by atoms with Crippen LogP contribution in [-0.4, -0.2) is 16.8 Å². The number of aromatic amines is 1. The van der Waals surface area contributed by atoms with Crippen molar-refractivity contribution in [2.24, 2.45) is 0 Å². The van der Waals surface area contributed by atoms with Gasteiger partial charge in [0.25, 0.3) is 0 Å². The van der Waals surface area contributed by atoms with Crippen molar-refractivity contribution in [3.05, 3.63) is 46.8 Å². The highest BCUT2D eigenvalue weighted by Crippen LogP contribution is 2.31. The zero-order valence-electron chi connectivity index (χ0n) is 13.8. The molecule has 1 heterocycles. The van der Waals surface area contributed by atoms with Gasteiger partial charge in [-0.25, -0.2) is 0 Å². The van der Waals surface area contributed by atoms with Gasteiger partial charge < -0.3 is 4.74 Å². The molecule has 3 nitrogen and oxygen atoms in total. The molecule has 0 spiro atoms. The lowest BCUT2D eigenvalue weighted by atomic mass is 9.86. The van der Waals surface area contributed by atoms with Gasteiger partial charge in [-0.2, -0.15) is 5.10 Å². The van der Waals surface area contributed by atoms with E-state index in [0.29, 0.717) is 0 Å². The summed E-state index contributed by atoms with van der Waals surface area (Å²) in [7, 11) is 0. The Morgan fingerprint density at radius 2 is 1.86 bits per heavy atom. The summed E-state index contributed by atoms with van der Waals surface area (Å²) in [5.41, 5.74) is 4.96. The van der Waals surface area contributed by atoms with E-state index in [-0.39, 0.29) is 5.41 Å². The van der Waals surface area contributed by atoms with E-state index in [0.717, 1.165) is 30.9 Å². The van der Waals surface area contributed by atoms with Crippen LogP contribution in [0.15, 0.2) is 24.3 Å². The fraction of sp³-hybridized carbons (Fsp3) is 0.500. The van der Waals surface area contributed by atoms with Gasteiger partial charge in [-0.3, -0.25) is 5.10 Å². The molecule has 0 unspecified atom stereocenters. The SMILES string of the molecule is Cc1n[nH]c(C)c1CCCOc1ccccc1C(C)(C)C. The lowest BCUT2D eigenvalue weighted by molar-refractivity contribution is 0.302. The number of benzene rings is 1. The first-order chi connectivity index (χ1) is 9.89. The Morgan fingerprint density at radius 1 is 1.14 bits per heavy atom. The molecule has 0 aliphatic heterocycles. The van der Waals surface area contributed by atoms with E-state index in [1.807, 2.05) is 6.07 Å². The summed E-state index contributed by atoms with van der Waals surface area (Å²) in [6.07, 6.45) is 2.01. The van der Waals surface area contributed by atoms with E-state index in [1.54, 1.807) is 0 Å². The maximum absolute atomic E-state index is 6.01. The van der Waals surface area contributed by atoms with Crippen LogP contribution in [0, 0.1) is 13.8 Å². The number of nitrogens with zero attached hydrogens (tertiary/aromatic N) is 1. The Bertz CT molecular complexity index is 574. The second-order valence-corrected chi connectivity index (χ2v) is 6.61. The topological polar surface area (TPSA) is 37.9 Å². The molecule has 1 aromatic heterocycles. The smallest absolute Gasteiger partial charge is 0.123 e. The van der Waals surface area contributed by atoms with Gasteiger partial charge in [0.2, 0.25) is 0 Å². The number of H-pyrrole nitrogens is 1. The zero-order chi connectivity index (χ0) is 15.5. The van der Waals surface area contributed by atoms with Crippen LogP contribution in [0.1, 0.15) is 49.7 Å². The summed E-state index contributed by atoms with van der Waals surface area (Å²) in [5.74, 6) is 1.01. The van der Waals surface area contributed by atoms with Crippen LogP contribution in [0.2, 0.25) is 0 Å². The minimum Gasteiger partial charge on any atom is -0.493 e. The minimum absolute atomic E-state index is 0.105. The minimum atomic E-state index is 0.105. The molecule has 1 N–H and O–H groups in total. The van der Waals surface area contributed by atoms with Gasteiger partial charge in [0.15, 0.2) is 0 Å². The summed E-state index contributed by atoms with van der Waals surface area (Å²) >= 11 is 0. The van der Waals surface area contributed by atoms with E-state index >= 15 is 0 Å². The third-order valence-corrected chi connectivity index (χ3v) is 3.80. The predicted octanol–water partition coefficient (Wildman–Crippen LogP) is 4.34. The molecule has 114 valence electrons. The molecule has 0 fully saturated rings. The fourth-order valence-electron chi connectivity index (χ4n) is 2.59. The number of para-hydroxylation sites is 1. The molecule has 0 bridgehead atoms. The molecule has 0 saturated carbocycles. The van der Waals surface area contributed by atoms with E-state index in [1.165, 1.54) is 16.8 Å². The maximum Gasteiger partial charge on any atom is 0.123 e. The van der Waals surface area contributed by atoms with Gasteiger partial charge in [0, 0.05) is 5.69 Å². The highest BCUT2D eigenvalue weighted by Gasteiger charge is 2.18. The van der Waals surface area contributed by atoms with Gasteiger partial charge in [0.1, 0.15) is 5.75 Å². The van der Waals surface area contributed by atoms with Crippen LogP contribution >= 0.6 is 0 Å². The quantitative estimate of drug-likeness (QED) is 0.830. The number of ether oxygens (including phenoxy) is 1. The normalized spacial score (nSPS) is 11.7. The first-order valence-electron chi connectivity index (χ1n) is 7.62. The van der Waals surface area contributed by atoms with Crippen LogP contribution in [0.25, 0.3) is 0 Å². The van der Waals surface area contributed by atoms with Crippen molar-refractivity contribution < 1.29 is 4.74 Å². The van der Waals surface area contributed by atoms with Gasteiger partial charge in [-0.05, 0) is 49.3 Å². The first-order valence-corrected chi connectivity index (χ1v) is 7.62. The van der Waals surface area contributed by atoms with Gasteiger partial charge in [0.05, 0.1) is 12.3 Å². The van der Waals surface area contributed by atoms with Crippen molar-refractivity contribution in [2.75, 3.05) is 6.61 Å². The monoisotopic (exact) mass is 286 g/mol. The van der Waals surface area contributed by atoms with Crippen LogP contribution < -0.4 is 4.74 Å². The Morgan fingerprint density at radius 3 is 2.48 bits per heavy atom. The van der Waals surface area contributed by atoms with Crippen molar-refractivity contribution >= 4 is 0 Å². The molecule has 2 rings (SSSR count). The molecular weight excluding hydrogens is 260 g/mol. The third kappa shape index (κ3) is 3.87. The van der Waals surface area contributed by atoms with E-state index in [4.69, 9.17) is 4.74 Å². The first kappa shape index (κ1) is 15.6. The predicted molar refractivity (Wildman–Crippen MR) is 87.0 cm³/mol. The highest BCUT2D eigenvalue weighted by atomic mass is 16.5. The Balaban J connectivity index is 1.93. The number of rotatable bonds is 5. The lowest BCUT2D eigenvalue weighted by Crippen LogP contribution is -2.13. The summed E-state index contributed by atoms with van der Waals surface area (Å²) < 4.78 is 6.01. The van der Waals surface area contributed by atoms with Crippen molar-refractivity contribution in [3.63, 3.8) is 0 Å². The second-order valence-electron chi connectivity index (χ2n) is 6.61. The number of aromatic nitrogens is 2. The van der Waals surface area contributed by atoms with Crippen molar-refractivity contribution in [1.82, 2.24) is 10.2 Å². The number of nitrogens with one attached hydrogen (secondary N) is 1. The van der Waals surface area contributed by atoms with Crippen LogP contribution in [-0.2, 0) is 11.8 Å². The fourth-order valence-corrected chi connectivity index (χ4v) is 2.59. The van der Waals surface area contributed by atoms with Crippen LogP contribution in [0.4, 0.5) is 0 Å². The third-order valence-electron chi connectivity index (χ3n) is 3.80. The van der Waals surface area contributed by atoms with Gasteiger partial charge in [-0.1, -0.05) is 39.0 Å². The molecule has 0 aliphatic carbocycles. The van der Waals surface area contributed by atoms with Crippen molar-refractivity contribution in [3.8, 4) is 5.75 Å².